The van der Waals surface area contributed by atoms with Crippen LogP contribution in [0, 0.1) is 22.7 Å². The van der Waals surface area contributed by atoms with E-state index in [4.69, 9.17) is 18.6 Å². The Bertz CT molecular complexity index is 1180. The normalized spacial score (nSPS) is 26.4. The summed E-state index contributed by atoms with van der Waals surface area (Å²) in [5.74, 6) is 1.61. The molecule has 0 saturated heterocycles. The summed E-state index contributed by atoms with van der Waals surface area (Å²) < 4.78 is 22.9. The van der Waals surface area contributed by atoms with Gasteiger partial charge in [0.05, 0.1) is 20.8 Å². The molecule has 6 heteroatoms. The third kappa shape index (κ3) is 3.33. The molecule has 2 aliphatic rings. The molecule has 170 valence electrons. The Morgan fingerprint density at radius 1 is 1.09 bits per heavy atom. The molecule has 0 radical (unpaired) electrons. The van der Waals surface area contributed by atoms with Gasteiger partial charge in [0.1, 0.15) is 0 Å². The summed E-state index contributed by atoms with van der Waals surface area (Å²) in [7, 11) is 3.07. The first kappa shape index (κ1) is 22.2. The number of benzene rings is 1. The summed E-state index contributed by atoms with van der Waals surface area (Å²) in [5, 5.41) is 0.682. The van der Waals surface area contributed by atoms with Gasteiger partial charge >= 0.3 is 5.63 Å². The number of allylic oxidation sites excluding steroid dienone is 3. The summed E-state index contributed by atoms with van der Waals surface area (Å²) in [6, 6.07) is 4.80. The van der Waals surface area contributed by atoms with E-state index < -0.39 is 11.0 Å². The van der Waals surface area contributed by atoms with E-state index in [-0.39, 0.29) is 23.0 Å². The Balaban J connectivity index is 1.75. The van der Waals surface area contributed by atoms with E-state index in [0.29, 0.717) is 34.8 Å². The summed E-state index contributed by atoms with van der Waals surface area (Å²) in [6.45, 7) is 8.75. The standard InChI is InChI=1S/C26H30O6/c1-15-7-9-19-25(2,3)20(27)11-12-26(19,4)17(15)14-31-23-18(29-5)13-16-8-10-21(28)32-22(16)24(23)30-6/h7-8,10-13,17,19H,9,14H2,1-6H3. The molecule has 6 nitrogen and oxygen atoms in total. The molecule has 0 saturated carbocycles. The van der Waals surface area contributed by atoms with E-state index in [9.17, 15) is 9.59 Å². The SMILES string of the molecule is COc1cc2ccc(=O)oc2c(OC)c1OCC1C(C)=CCC2C(C)(C)C(=O)C=CC12C. The second-order valence-electron chi connectivity index (χ2n) is 9.50. The average Bonchev–Trinajstić information content (AvgIpc) is 2.75. The van der Waals surface area contributed by atoms with Crippen molar-refractivity contribution in [1.29, 1.82) is 0 Å². The maximum Gasteiger partial charge on any atom is 0.336 e. The molecule has 3 atom stereocenters. The fourth-order valence-corrected chi connectivity index (χ4v) is 5.47. The number of carbonyl (C=O) groups excluding carboxylic acids is 1. The fraction of sp³-hybridized carbons (Fsp3) is 0.462. The number of methoxy groups -OCH3 is 2. The van der Waals surface area contributed by atoms with Gasteiger partial charge in [0.15, 0.2) is 17.1 Å². The highest BCUT2D eigenvalue weighted by molar-refractivity contribution is 5.95. The number of carbonyl (C=O) groups is 1. The van der Waals surface area contributed by atoms with Gasteiger partial charge < -0.3 is 18.6 Å². The van der Waals surface area contributed by atoms with Crippen molar-refractivity contribution in [3.8, 4) is 17.2 Å². The molecule has 0 spiro atoms. The minimum Gasteiger partial charge on any atom is -0.493 e. The lowest BCUT2D eigenvalue weighted by Crippen LogP contribution is -2.51. The minimum absolute atomic E-state index is 0.0535. The Labute approximate surface area is 187 Å². The highest BCUT2D eigenvalue weighted by Crippen LogP contribution is 2.56. The molecule has 4 rings (SSSR count). The molecular formula is C26H30O6. The third-order valence-electron chi connectivity index (χ3n) is 7.43. The van der Waals surface area contributed by atoms with Crippen LogP contribution in [-0.4, -0.2) is 26.6 Å². The molecule has 0 N–H and O–H groups in total. The monoisotopic (exact) mass is 438 g/mol. The fourth-order valence-electron chi connectivity index (χ4n) is 5.47. The zero-order valence-electron chi connectivity index (χ0n) is 19.5. The quantitative estimate of drug-likeness (QED) is 0.486. The number of rotatable bonds is 5. The van der Waals surface area contributed by atoms with Crippen LogP contribution >= 0.6 is 0 Å². The van der Waals surface area contributed by atoms with Crippen molar-refractivity contribution < 1.29 is 23.4 Å². The van der Waals surface area contributed by atoms with Crippen molar-refractivity contribution in [2.24, 2.45) is 22.7 Å². The first-order valence-corrected chi connectivity index (χ1v) is 10.9. The van der Waals surface area contributed by atoms with Crippen LogP contribution in [0.5, 0.6) is 17.2 Å². The van der Waals surface area contributed by atoms with E-state index in [1.807, 2.05) is 13.8 Å². The second-order valence-corrected chi connectivity index (χ2v) is 9.50. The van der Waals surface area contributed by atoms with Crippen LogP contribution in [0.3, 0.4) is 0 Å². The minimum atomic E-state index is -0.465. The lowest BCUT2D eigenvalue weighted by molar-refractivity contribution is -0.130. The molecule has 2 aromatic rings. The van der Waals surface area contributed by atoms with Gasteiger partial charge in [0, 0.05) is 22.8 Å². The molecule has 3 unspecified atom stereocenters. The molecule has 1 aromatic heterocycles. The lowest BCUT2D eigenvalue weighted by atomic mass is 9.51. The molecule has 0 bridgehead atoms. The highest BCUT2D eigenvalue weighted by atomic mass is 16.5. The first-order chi connectivity index (χ1) is 15.1. The predicted molar refractivity (Wildman–Crippen MR) is 122 cm³/mol. The van der Waals surface area contributed by atoms with Crippen LogP contribution in [0.15, 0.2) is 51.2 Å². The molecule has 1 heterocycles. The Kier molecular flexibility index (Phi) is 5.43. The second kappa shape index (κ2) is 7.84. The topological polar surface area (TPSA) is 75.0 Å². The van der Waals surface area contributed by atoms with Gasteiger partial charge in [-0.1, -0.05) is 38.5 Å². The predicted octanol–water partition coefficient (Wildman–Crippen LogP) is 4.94. The van der Waals surface area contributed by atoms with Gasteiger partial charge in [0.25, 0.3) is 0 Å². The Morgan fingerprint density at radius 3 is 2.53 bits per heavy atom. The van der Waals surface area contributed by atoms with E-state index in [0.717, 1.165) is 6.42 Å². The summed E-state index contributed by atoms with van der Waals surface area (Å²) in [5.41, 5.74) is 0.400. The van der Waals surface area contributed by atoms with Gasteiger partial charge in [-0.15, -0.1) is 0 Å². The highest BCUT2D eigenvalue weighted by Gasteiger charge is 2.53. The van der Waals surface area contributed by atoms with Crippen LogP contribution in [0.4, 0.5) is 0 Å². The van der Waals surface area contributed by atoms with E-state index in [1.54, 1.807) is 25.3 Å². The van der Waals surface area contributed by atoms with Crippen LogP contribution in [0.25, 0.3) is 11.0 Å². The summed E-state index contributed by atoms with van der Waals surface area (Å²) in [6.07, 6.45) is 6.87. The third-order valence-corrected chi connectivity index (χ3v) is 7.43. The van der Waals surface area contributed by atoms with Gasteiger partial charge in [-0.3, -0.25) is 4.79 Å². The summed E-state index contributed by atoms with van der Waals surface area (Å²) >= 11 is 0. The smallest absolute Gasteiger partial charge is 0.336 e. The molecule has 32 heavy (non-hydrogen) atoms. The van der Waals surface area contributed by atoms with Crippen molar-refractivity contribution in [3.63, 3.8) is 0 Å². The summed E-state index contributed by atoms with van der Waals surface area (Å²) in [4.78, 5) is 24.4. The van der Waals surface area contributed by atoms with Crippen molar-refractivity contribution in [1.82, 2.24) is 0 Å². The number of ketones is 1. The van der Waals surface area contributed by atoms with Gasteiger partial charge in [-0.2, -0.15) is 0 Å². The van der Waals surface area contributed by atoms with Crippen LogP contribution < -0.4 is 19.8 Å². The van der Waals surface area contributed by atoms with Crippen LogP contribution in [-0.2, 0) is 4.79 Å². The van der Waals surface area contributed by atoms with E-state index >= 15 is 0 Å². The molecular weight excluding hydrogens is 408 g/mol. The van der Waals surface area contributed by atoms with Crippen molar-refractivity contribution in [2.45, 2.75) is 34.1 Å². The average molecular weight is 439 g/mol. The zero-order chi connectivity index (χ0) is 23.3. The first-order valence-electron chi connectivity index (χ1n) is 10.9. The van der Waals surface area contributed by atoms with Crippen LogP contribution in [0.1, 0.15) is 34.1 Å². The van der Waals surface area contributed by atoms with Gasteiger partial charge in [-0.05, 0) is 42.9 Å². The number of ether oxygens (including phenoxy) is 3. The molecule has 0 amide bonds. The molecule has 1 aromatic carbocycles. The molecule has 0 fully saturated rings. The van der Waals surface area contributed by atoms with Gasteiger partial charge in [0.2, 0.25) is 11.5 Å². The van der Waals surface area contributed by atoms with E-state index in [2.05, 4.69) is 26.0 Å². The number of hydrogen-bond acceptors (Lipinski definition) is 6. The van der Waals surface area contributed by atoms with E-state index in [1.165, 1.54) is 18.7 Å². The largest absolute Gasteiger partial charge is 0.493 e. The zero-order valence-corrected chi connectivity index (χ0v) is 19.5. The number of fused-ring (bicyclic) bond motifs is 2. The van der Waals surface area contributed by atoms with Crippen molar-refractivity contribution in [2.75, 3.05) is 20.8 Å². The Morgan fingerprint density at radius 2 is 1.84 bits per heavy atom. The van der Waals surface area contributed by atoms with Crippen molar-refractivity contribution in [3.05, 3.63) is 52.4 Å². The lowest BCUT2D eigenvalue weighted by Gasteiger charge is -2.52. The molecule has 0 aliphatic heterocycles. The molecule has 2 aliphatic carbocycles. The van der Waals surface area contributed by atoms with Gasteiger partial charge in [-0.25, -0.2) is 4.79 Å². The maximum absolute atomic E-state index is 12.6. The maximum atomic E-state index is 12.6. The van der Waals surface area contributed by atoms with Crippen LogP contribution in [0.2, 0.25) is 0 Å². The number of hydrogen-bond donors (Lipinski definition) is 0. The van der Waals surface area contributed by atoms with Crippen molar-refractivity contribution >= 4 is 16.8 Å². The Hall–Kier alpha value is -3.02.